The number of amides is 1. The fourth-order valence-electron chi connectivity index (χ4n) is 1.81. The van der Waals surface area contributed by atoms with Gasteiger partial charge in [-0.3, -0.25) is 4.79 Å². The number of benzene rings is 2. The van der Waals surface area contributed by atoms with Gasteiger partial charge in [0.1, 0.15) is 0 Å². The molecule has 0 radical (unpaired) electrons. The molecule has 5 heteroatoms. The monoisotopic (exact) mass is 270 g/mol. The topological polar surface area (TPSA) is 92.4 Å². The zero-order chi connectivity index (χ0) is 14.5. The molecule has 20 heavy (non-hydrogen) atoms. The van der Waals surface area contributed by atoms with Gasteiger partial charge in [-0.25, -0.2) is 4.79 Å². The first-order chi connectivity index (χ1) is 9.58. The van der Waals surface area contributed by atoms with Crippen LogP contribution in [0.15, 0.2) is 48.5 Å². The molecule has 0 saturated carbocycles. The van der Waals surface area contributed by atoms with Gasteiger partial charge in [-0.15, -0.1) is 0 Å². The van der Waals surface area contributed by atoms with Gasteiger partial charge in [0.05, 0.1) is 11.1 Å². The molecule has 0 fully saturated rings. The first-order valence-corrected chi connectivity index (χ1v) is 6.03. The lowest BCUT2D eigenvalue weighted by Gasteiger charge is -2.08. The number of nitrogens with two attached hydrogens (primary N) is 1. The van der Waals surface area contributed by atoms with Crippen LogP contribution in [0.3, 0.4) is 0 Å². The van der Waals surface area contributed by atoms with E-state index in [2.05, 4.69) is 5.32 Å². The third-order valence-corrected chi connectivity index (χ3v) is 2.81. The van der Waals surface area contributed by atoms with Crippen molar-refractivity contribution in [3.8, 4) is 0 Å². The minimum absolute atomic E-state index is 0.0997. The SMILES string of the molecule is Nc1ccc(C(=O)NCc2ccccc2)c(C(=O)O)c1. The highest BCUT2D eigenvalue weighted by Crippen LogP contribution is 2.14. The number of carboxylic acids is 1. The fourth-order valence-corrected chi connectivity index (χ4v) is 1.81. The molecule has 2 aromatic rings. The Labute approximate surface area is 116 Å². The minimum Gasteiger partial charge on any atom is -0.478 e. The van der Waals surface area contributed by atoms with Crippen molar-refractivity contribution >= 4 is 17.6 Å². The van der Waals surface area contributed by atoms with Gasteiger partial charge in [0.2, 0.25) is 0 Å². The summed E-state index contributed by atoms with van der Waals surface area (Å²) in [6.45, 7) is 0.336. The van der Waals surface area contributed by atoms with E-state index in [1.54, 1.807) is 0 Å². The Morgan fingerprint density at radius 3 is 2.40 bits per heavy atom. The molecular formula is C15H14N2O3. The van der Waals surface area contributed by atoms with Crippen LogP contribution < -0.4 is 11.1 Å². The second kappa shape index (κ2) is 5.88. The summed E-state index contributed by atoms with van der Waals surface area (Å²) < 4.78 is 0. The third-order valence-electron chi connectivity index (χ3n) is 2.81. The van der Waals surface area contributed by atoms with Gasteiger partial charge in [-0.1, -0.05) is 30.3 Å². The summed E-state index contributed by atoms with van der Waals surface area (Å²) in [4.78, 5) is 23.2. The number of anilines is 1. The Morgan fingerprint density at radius 2 is 1.75 bits per heavy atom. The van der Waals surface area contributed by atoms with E-state index in [4.69, 9.17) is 10.8 Å². The molecule has 0 atom stereocenters. The average molecular weight is 270 g/mol. The first kappa shape index (κ1) is 13.6. The molecule has 102 valence electrons. The second-order valence-corrected chi connectivity index (χ2v) is 4.28. The van der Waals surface area contributed by atoms with E-state index in [0.717, 1.165) is 5.56 Å². The molecule has 0 saturated heterocycles. The van der Waals surface area contributed by atoms with Crippen LogP contribution in [-0.4, -0.2) is 17.0 Å². The Bertz CT molecular complexity index is 639. The van der Waals surface area contributed by atoms with Crippen LogP contribution >= 0.6 is 0 Å². The molecule has 0 heterocycles. The minimum atomic E-state index is -1.18. The summed E-state index contributed by atoms with van der Waals surface area (Å²) >= 11 is 0. The highest BCUT2D eigenvalue weighted by atomic mass is 16.4. The van der Waals surface area contributed by atoms with Crippen molar-refractivity contribution in [2.24, 2.45) is 0 Å². The van der Waals surface area contributed by atoms with E-state index in [-0.39, 0.29) is 11.1 Å². The predicted molar refractivity (Wildman–Crippen MR) is 75.4 cm³/mol. The lowest BCUT2D eigenvalue weighted by Crippen LogP contribution is -2.25. The van der Waals surface area contributed by atoms with Crippen molar-refractivity contribution in [1.29, 1.82) is 0 Å². The molecule has 1 amide bonds. The Hall–Kier alpha value is -2.82. The molecule has 5 nitrogen and oxygen atoms in total. The zero-order valence-electron chi connectivity index (χ0n) is 10.7. The molecule has 0 aliphatic carbocycles. The Kier molecular flexibility index (Phi) is 4.00. The summed E-state index contributed by atoms with van der Waals surface area (Å²) in [5.41, 5.74) is 6.78. The highest BCUT2D eigenvalue weighted by Gasteiger charge is 2.16. The maximum Gasteiger partial charge on any atom is 0.336 e. The quantitative estimate of drug-likeness (QED) is 0.740. The van der Waals surface area contributed by atoms with Gasteiger partial charge in [-0.05, 0) is 23.8 Å². The number of carboxylic acid groups (broad SMARTS) is 1. The van der Waals surface area contributed by atoms with E-state index < -0.39 is 11.9 Å². The van der Waals surface area contributed by atoms with Crippen molar-refractivity contribution in [3.63, 3.8) is 0 Å². The van der Waals surface area contributed by atoms with Crippen LogP contribution in [-0.2, 0) is 6.54 Å². The number of carbonyl (C=O) groups is 2. The van der Waals surface area contributed by atoms with E-state index in [9.17, 15) is 9.59 Å². The number of nitrogens with one attached hydrogen (secondary N) is 1. The van der Waals surface area contributed by atoms with Crippen molar-refractivity contribution in [2.45, 2.75) is 6.54 Å². The molecule has 2 aromatic carbocycles. The van der Waals surface area contributed by atoms with E-state index >= 15 is 0 Å². The van der Waals surface area contributed by atoms with Crippen LogP contribution in [0.1, 0.15) is 26.3 Å². The van der Waals surface area contributed by atoms with Crippen LogP contribution in [0.5, 0.6) is 0 Å². The molecular weight excluding hydrogens is 256 g/mol. The van der Waals surface area contributed by atoms with Gasteiger partial charge >= 0.3 is 5.97 Å². The summed E-state index contributed by atoms with van der Waals surface area (Å²) in [5, 5.41) is 11.8. The smallest absolute Gasteiger partial charge is 0.336 e. The Morgan fingerprint density at radius 1 is 1.05 bits per heavy atom. The predicted octanol–water partition coefficient (Wildman–Crippen LogP) is 1.90. The number of nitrogen functional groups attached to an aromatic ring is 1. The fraction of sp³-hybridized carbons (Fsp3) is 0.0667. The molecule has 0 aliphatic rings. The summed E-state index contributed by atoms with van der Waals surface area (Å²) in [7, 11) is 0. The second-order valence-electron chi connectivity index (χ2n) is 4.28. The molecule has 0 bridgehead atoms. The molecule has 0 aliphatic heterocycles. The lowest BCUT2D eigenvalue weighted by molar-refractivity contribution is 0.0691. The van der Waals surface area contributed by atoms with Crippen molar-refractivity contribution in [1.82, 2.24) is 5.32 Å². The molecule has 0 unspecified atom stereocenters. The van der Waals surface area contributed by atoms with Gasteiger partial charge in [-0.2, -0.15) is 0 Å². The van der Waals surface area contributed by atoms with Crippen LogP contribution in [0.4, 0.5) is 5.69 Å². The third kappa shape index (κ3) is 3.14. The maximum absolute atomic E-state index is 12.0. The number of carbonyl (C=O) groups excluding carboxylic acids is 1. The average Bonchev–Trinajstić information content (AvgIpc) is 2.45. The zero-order valence-corrected chi connectivity index (χ0v) is 10.7. The highest BCUT2D eigenvalue weighted by molar-refractivity contribution is 6.05. The van der Waals surface area contributed by atoms with Gasteiger partial charge < -0.3 is 16.2 Å². The normalized spacial score (nSPS) is 10.0. The van der Waals surface area contributed by atoms with Crippen molar-refractivity contribution in [2.75, 3.05) is 5.73 Å². The van der Waals surface area contributed by atoms with Crippen molar-refractivity contribution < 1.29 is 14.7 Å². The number of aromatic carboxylic acids is 1. The molecule has 4 N–H and O–H groups in total. The summed E-state index contributed by atoms with van der Waals surface area (Å²) in [6, 6.07) is 13.6. The van der Waals surface area contributed by atoms with E-state index in [0.29, 0.717) is 12.2 Å². The maximum atomic E-state index is 12.0. The van der Waals surface area contributed by atoms with Gasteiger partial charge in [0, 0.05) is 12.2 Å². The molecule has 0 aromatic heterocycles. The first-order valence-electron chi connectivity index (χ1n) is 6.03. The van der Waals surface area contributed by atoms with Gasteiger partial charge in [0.25, 0.3) is 5.91 Å². The largest absolute Gasteiger partial charge is 0.478 e. The van der Waals surface area contributed by atoms with Crippen LogP contribution in [0, 0.1) is 0 Å². The summed E-state index contributed by atoms with van der Waals surface area (Å²) in [5.74, 6) is -1.62. The van der Waals surface area contributed by atoms with Crippen LogP contribution in [0.2, 0.25) is 0 Å². The molecule has 0 spiro atoms. The number of rotatable bonds is 4. The number of hydrogen-bond donors (Lipinski definition) is 3. The van der Waals surface area contributed by atoms with Gasteiger partial charge in [0.15, 0.2) is 0 Å². The molecule has 2 rings (SSSR count). The Balaban J connectivity index is 2.15. The lowest BCUT2D eigenvalue weighted by atomic mass is 10.1. The van der Waals surface area contributed by atoms with E-state index in [1.807, 2.05) is 30.3 Å². The summed E-state index contributed by atoms with van der Waals surface area (Å²) in [6.07, 6.45) is 0. The van der Waals surface area contributed by atoms with E-state index in [1.165, 1.54) is 18.2 Å². The van der Waals surface area contributed by atoms with Crippen LogP contribution in [0.25, 0.3) is 0 Å². The van der Waals surface area contributed by atoms with Crippen molar-refractivity contribution in [3.05, 3.63) is 65.2 Å². The standard InChI is InChI=1S/C15H14N2O3/c16-11-6-7-12(13(8-11)15(19)20)14(18)17-9-10-4-2-1-3-5-10/h1-8H,9,16H2,(H,17,18)(H,19,20). The number of hydrogen-bond acceptors (Lipinski definition) is 3.